The van der Waals surface area contributed by atoms with Gasteiger partial charge < -0.3 is 19.7 Å². The van der Waals surface area contributed by atoms with Crippen LogP contribution in [0.3, 0.4) is 0 Å². The molecule has 0 bridgehead atoms. The fourth-order valence-electron chi connectivity index (χ4n) is 3.86. The van der Waals surface area contributed by atoms with Gasteiger partial charge >= 0.3 is 0 Å². The summed E-state index contributed by atoms with van der Waals surface area (Å²) in [4.78, 5) is 27.5. The molecule has 2 amide bonds. The van der Waals surface area contributed by atoms with Gasteiger partial charge in [-0.05, 0) is 49.9 Å². The van der Waals surface area contributed by atoms with Gasteiger partial charge in [0.2, 0.25) is 5.91 Å². The van der Waals surface area contributed by atoms with Crippen molar-refractivity contribution < 1.29 is 19.1 Å². The summed E-state index contributed by atoms with van der Waals surface area (Å²) in [6.07, 6.45) is 4.61. The van der Waals surface area contributed by atoms with Crippen LogP contribution in [0.25, 0.3) is 0 Å². The van der Waals surface area contributed by atoms with E-state index in [1.807, 2.05) is 18.2 Å². The number of rotatable bonds is 6. The lowest BCUT2D eigenvalue weighted by molar-refractivity contribution is -0.119. The van der Waals surface area contributed by atoms with Crippen molar-refractivity contribution in [3.05, 3.63) is 54.1 Å². The second kappa shape index (κ2) is 9.43. The van der Waals surface area contributed by atoms with Crippen LogP contribution in [0.15, 0.2) is 48.5 Å². The molecule has 1 atom stereocenters. The molecule has 1 N–H and O–H groups in total. The molecule has 1 saturated carbocycles. The Balaban J connectivity index is 1.46. The third-order valence-electron chi connectivity index (χ3n) is 5.49. The second-order valence-electron chi connectivity index (χ2n) is 7.54. The number of amides is 2. The van der Waals surface area contributed by atoms with Crippen LogP contribution in [0.2, 0.25) is 0 Å². The summed E-state index contributed by atoms with van der Waals surface area (Å²) in [7, 11) is 1.61. The van der Waals surface area contributed by atoms with Gasteiger partial charge in [0.15, 0.2) is 11.5 Å². The molecule has 4 rings (SSSR count). The zero-order valence-corrected chi connectivity index (χ0v) is 17.8. The number of methoxy groups -OCH3 is 1. The standard InChI is InChI=1S/C23H26N2O4S/c1-28-20-12-11-17(13-21(20)29-18-9-5-6-10-18)24-22(26)19-14-30-15-25(19)23(27)16-7-3-2-4-8-16/h2-4,7-8,11-13,18-19H,5-6,9-10,14-15H2,1H3,(H,24,26)/t19-/m0/s1. The van der Waals surface area contributed by atoms with Crippen molar-refractivity contribution in [3.8, 4) is 11.5 Å². The van der Waals surface area contributed by atoms with Gasteiger partial charge in [-0.2, -0.15) is 0 Å². The van der Waals surface area contributed by atoms with Gasteiger partial charge in [0, 0.05) is 23.1 Å². The minimum absolute atomic E-state index is 0.124. The monoisotopic (exact) mass is 426 g/mol. The zero-order chi connectivity index (χ0) is 20.9. The van der Waals surface area contributed by atoms with E-state index in [0.29, 0.717) is 34.4 Å². The van der Waals surface area contributed by atoms with Gasteiger partial charge in [-0.1, -0.05) is 18.2 Å². The molecule has 2 fully saturated rings. The summed E-state index contributed by atoms with van der Waals surface area (Å²) < 4.78 is 11.5. The third kappa shape index (κ3) is 4.56. The number of hydrogen-bond donors (Lipinski definition) is 1. The molecule has 1 heterocycles. The largest absolute Gasteiger partial charge is 0.493 e. The van der Waals surface area contributed by atoms with E-state index >= 15 is 0 Å². The quantitative estimate of drug-likeness (QED) is 0.751. The molecule has 0 aromatic heterocycles. The number of nitrogens with one attached hydrogen (secondary N) is 1. The van der Waals surface area contributed by atoms with Crippen LogP contribution in [0.5, 0.6) is 11.5 Å². The maximum absolute atomic E-state index is 13.0. The number of carbonyl (C=O) groups is 2. The van der Waals surface area contributed by atoms with Gasteiger partial charge in [0.1, 0.15) is 6.04 Å². The molecule has 1 aliphatic carbocycles. The first-order valence-corrected chi connectivity index (χ1v) is 11.4. The summed E-state index contributed by atoms with van der Waals surface area (Å²) in [5.41, 5.74) is 1.23. The van der Waals surface area contributed by atoms with Crippen molar-refractivity contribution in [1.82, 2.24) is 4.90 Å². The van der Waals surface area contributed by atoms with Crippen LogP contribution in [-0.2, 0) is 4.79 Å². The van der Waals surface area contributed by atoms with E-state index in [2.05, 4.69) is 5.32 Å². The predicted molar refractivity (Wildman–Crippen MR) is 118 cm³/mol. The highest BCUT2D eigenvalue weighted by Gasteiger charge is 2.35. The maximum atomic E-state index is 13.0. The summed E-state index contributed by atoms with van der Waals surface area (Å²) in [6, 6.07) is 14.0. The lowest BCUT2D eigenvalue weighted by Crippen LogP contribution is -2.44. The summed E-state index contributed by atoms with van der Waals surface area (Å²) in [5, 5.41) is 2.96. The van der Waals surface area contributed by atoms with Crippen LogP contribution >= 0.6 is 11.8 Å². The van der Waals surface area contributed by atoms with Crippen LogP contribution in [0.1, 0.15) is 36.0 Å². The van der Waals surface area contributed by atoms with E-state index in [1.54, 1.807) is 54.1 Å². The summed E-state index contributed by atoms with van der Waals surface area (Å²) >= 11 is 1.58. The highest BCUT2D eigenvalue weighted by atomic mass is 32.2. The molecule has 1 saturated heterocycles. The summed E-state index contributed by atoms with van der Waals surface area (Å²) in [6.45, 7) is 0. The average Bonchev–Trinajstić information content (AvgIpc) is 3.46. The normalized spacial score (nSPS) is 19.0. The van der Waals surface area contributed by atoms with Gasteiger partial charge in [-0.3, -0.25) is 9.59 Å². The maximum Gasteiger partial charge on any atom is 0.255 e. The second-order valence-corrected chi connectivity index (χ2v) is 8.54. The molecule has 2 aromatic rings. The Labute approximate surface area is 180 Å². The molecule has 158 valence electrons. The Bertz CT molecular complexity index is 899. The number of benzene rings is 2. The lowest BCUT2D eigenvalue weighted by atomic mass is 10.1. The predicted octanol–water partition coefficient (Wildman–Crippen LogP) is 4.17. The molecular weight excluding hydrogens is 400 g/mol. The molecule has 1 aliphatic heterocycles. The van der Waals surface area contributed by atoms with Gasteiger partial charge in [-0.15, -0.1) is 11.8 Å². The first-order chi connectivity index (χ1) is 14.7. The average molecular weight is 427 g/mol. The van der Waals surface area contributed by atoms with E-state index < -0.39 is 6.04 Å². The Hall–Kier alpha value is -2.67. The van der Waals surface area contributed by atoms with Crippen LogP contribution in [0.4, 0.5) is 5.69 Å². The Morgan fingerprint density at radius 1 is 1.07 bits per heavy atom. The minimum atomic E-state index is -0.510. The number of nitrogens with zero attached hydrogens (tertiary/aromatic N) is 1. The number of carbonyl (C=O) groups excluding carboxylic acids is 2. The van der Waals surface area contributed by atoms with E-state index in [0.717, 1.165) is 12.8 Å². The topological polar surface area (TPSA) is 67.9 Å². The molecule has 30 heavy (non-hydrogen) atoms. The molecule has 0 spiro atoms. The first kappa shape index (κ1) is 20.6. The molecular formula is C23H26N2O4S. The van der Waals surface area contributed by atoms with Gasteiger partial charge in [0.25, 0.3) is 5.91 Å². The Kier molecular flexibility index (Phi) is 6.47. The SMILES string of the molecule is COc1ccc(NC(=O)[C@@H]2CSCN2C(=O)c2ccccc2)cc1OC1CCCC1. The smallest absolute Gasteiger partial charge is 0.255 e. The molecule has 2 aliphatic rings. The molecule has 6 nitrogen and oxygen atoms in total. The van der Waals surface area contributed by atoms with E-state index in [9.17, 15) is 9.59 Å². The van der Waals surface area contributed by atoms with Crippen LogP contribution < -0.4 is 14.8 Å². The number of hydrogen-bond acceptors (Lipinski definition) is 5. The van der Waals surface area contributed by atoms with Gasteiger partial charge in [0.05, 0.1) is 19.1 Å². The molecule has 0 radical (unpaired) electrons. The highest BCUT2D eigenvalue weighted by Crippen LogP contribution is 2.34. The summed E-state index contributed by atoms with van der Waals surface area (Å²) in [5.74, 6) is 2.05. The Morgan fingerprint density at radius 3 is 2.57 bits per heavy atom. The number of ether oxygens (including phenoxy) is 2. The highest BCUT2D eigenvalue weighted by molar-refractivity contribution is 7.99. The van der Waals surface area contributed by atoms with Gasteiger partial charge in [-0.25, -0.2) is 0 Å². The van der Waals surface area contributed by atoms with Crippen molar-refractivity contribution in [2.24, 2.45) is 0 Å². The van der Waals surface area contributed by atoms with Crippen molar-refractivity contribution in [2.75, 3.05) is 24.1 Å². The van der Waals surface area contributed by atoms with Crippen LogP contribution in [0, 0.1) is 0 Å². The molecule has 2 aromatic carbocycles. The first-order valence-electron chi connectivity index (χ1n) is 10.2. The van der Waals surface area contributed by atoms with Crippen LogP contribution in [-0.4, -0.2) is 47.6 Å². The van der Waals surface area contributed by atoms with E-state index in [4.69, 9.17) is 9.47 Å². The van der Waals surface area contributed by atoms with Crippen molar-refractivity contribution >= 4 is 29.3 Å². The fourth-order valence-corrected chi connectivity index (χ4v) is 5.02. The number of thioether (sulfide) groups is 1. The minimum Gasteiger partial charge on any atom is -0.493 e. The zero-order valence-electron chi connectivity index (χ0n) is 17.0. The lowest BCUT2D eigenvalue weighted by Gasteiger charge is -2.23. The van der Waals surface area contributed by atoms with E-state index in [1.165, 1.54) is 12.8 Å². The molecule has 0 unspecified atom stereocenters. The number of anilines is 1. The van der Waals surface area contributed by atoms with E-state index in [-0.39, 0.29) is 17.9 Å². The fraction of sp³-hybridized carbons (Fsp3) is 0.391. The third-order valence-corrected chi connectivity index (χ3v) is 6.51. The van der Waals surface area contributed by atoms with Crippen molar-refractivity contribution in [1.29, 1.82) is 0 Å². The molecule has 7 heteroatoms. The van der Waals surface area contributed by atoms with Crippen molar-refractivity contribution in [2.45, 2.75) is 37.8 Å². The van der Waals surface area contributed by atoms with Crippen molar-refractivity contribution in [3.63, 3.8) is 0 Å². The Morgan fingerprint density at radius 2 is 1.83 bits per heavy atom.